The van der Waals surface area contributed by atoms with Gasteiger partial charge in [-0.15, -0.1) is 0 Å². The van der Waals surface area contributed by atoms with Crippen LogP contribution >= 0.6 is 0 Å². The van der Waals surface area contributed by atoms with Crippen molar-refractivity contribution in [3.8, 4) is 0 Å². The van der Waals surface area contributed by atoms with Crippen LogP contribution in [0.15, 0.2) is 24.3 Å². The van der Waals surface area contributed by atoms with Crippen molar-refractivity contribution in [1.29, 1.82) is 0 Å². The minimum atomic E-state index is -0.678. The predicted molar refractivity (Wildman–Crippen MR) is 90.5 cm³/mol. The molecule has 0 aliphatic carbocycles. The lowest BCUT2D eigenvalue weighted by atomic mass is 9.98. The van der Waals surface area contributed by atoms with Gasteiger partial charge in [-0.2, -0.15) is 0 Å². The lowest BCUT2D eigenvalue weighted by Gasteiger charge is -2.39. The van der Waals surface area contributed by atoms with Gasteiger partial charge in [0.1, 0.15) is 0 Å². The first-order chi connectivity index (χ1) is 10.8. The number of aliphatic hydroxyl groups excluding tert-OH is 1. The van der Waals surface area contributed by atoms with E-state index in [2.05, 4.69) is 4.90 Å². The van der Waals surface area contributed by atoms with E-state index in [1.165, 1.54) is 0 Å². The van der Waals surface area contributed by atoms with Gasteiger partial charge in [0.05, 0.1) is 18.2 Å². The number of carbonyl (C=O) groups is 1. The summed E-state index contributed by atoms with van der Waals surface area (Å²) in [6.07, 6.45) is 1.47. The van der Waals surface area contributed by atoms with Gasteiger partial charge >= 0.3 is 0 Å². The number of hydrogen-bond donors (Lipinski definition) is 2. The van der Waals surface area contributed by atoms with Gasteiger partial charge in [-0.1, -0.05) is 12.1 Å². The van der Waals surface area contributed by atoms with Crippen LogP contribution in [0.25, 0.3) is 0 Å². The van der Waals surface area contributed by atoms with Gasteiger partial charge in [-0.25, -0.2) is 0 Å². The van der Waals surface area contributed by atoms with E-state index in [1.807, 2.05) is 31.3 Å². The van der Waals surface area contributed by atoms with Gasteiger partial charge in [-0.05, 0) is 51.4 Å². The van der Waals surface area contributed by atoms with E-state index in [-0.39, 0.29) is 18.6 Å². The van der Waals surface area contributed by atoms with Crippen molar-refractivity contribution < 1.29 is 15.0 Å². The summed E-state index contributed by atoms with van der Waals surface area (Å²) in [4.78, 5) is 16.6. The molecule has 5 nitrogen and oxygen atoms in total. The molecule has 2 N–H and O–H groups in total. The molecule has 0 saturated carbocycles. The number of hydrogen-bond acceptors (Lipinski definition) is 4. The Kier molecular flexibility index (Phi) is 5.79. The summed E-state index contributed by atoms with van der Waals surface area (Å²) >= 11 is 0. The van der Waals surface area contributed by atoms with Crippen LogP contribution in [0.4, 0.5) is 0 Å². The zero-order valence-corrected chi connectivity index (χ0v) is 14.3. The molecule has 128 valence electrons. The van der Waals surface area contributed by atoms with E-state index in [9.17, 15) is 15.0 Å². The molecular weight excluding hydrogens is 292 g/mol. The SMILES string of the molecule is CN1CCN(C(=O)c2ccc(CCC(C)(C)O)cc2)[C@@H](CO)C1. The zero-order valence-electron chi connectivity index (χ0n) is 14.3. The second kappa shape index (κ2) is 7.43. The summed E-state index contributed by atoms with van der Waals surface area (Å²) in [6, 6.07) is 7.44. The molecule has 1 heterocycles. The lowest BCUT2D eigenvalue weighted by molar-refractivity contribution is 0.0356. The number of rotatable bonds is 5. The summed E-state index contributed by atoms with van der Waals surface area (Å²) in [5.74, 6) is -0.0220. The third-order valence-corrected chi connectivity index (χ3v) is 4.38. The molecule has 1 aromatic carbocycles. The molecule has 1 amide bonds. The first-order valence-corrected chi connectivity index (χ1v) is 8.22. The van der Waals surface area contributed by atoms with Gasteiger partial charge in [0, 0.05) is 25.2 Å². The largest absolute Gasteiger partial charge is 0.394 e. The molecule has 0 aromatic heterocycles. The normalized spacial score (nSPS) is 19.9. The zero-order chi connectivity index (χ0) is 17.0. The number of piperazine rings is 1. The van der Waals surface area contributed by atoms with Crippen LogP contribution < -0.4 is 0 Å². The van der Waals surface area contributed by atoms with Gasteiger partial charge in [0.15, 0.2) is 0 Å². The number of amides is 1. The van der Waals surface area contributed by atoms with Gasteiger partial charge in [0.2, 0.25) is 0 Å². The Morgan fingerprint density at radius 3 is 2.48 bits per heavy atom. The van der Waals surface area contributed by atoms with E-state index < -0.39 is 5.60 Å². The molecule has 2 rings (SSSR count). The first kappa shape index (κ1) is 17.9. The summed E-state index contributed by atoms with van der Waals surface area (Å²) < 4.78 is 0. The fourth-order valence-corrected chi connectivity index (χ4v) is 2.86. The van der Waals surface area contributed by atoms with Crippen molar-refractivity contribution in [2.24, 2.45) is 0 Å². The number of aliphatic hydroxyl groups is 2. The standard InChI is InChI=1S/C18H28N2O3/c1-18(2,23)9-8-14-4-6-15(7-5-14)17(22)20-11-10-19(3)12-16(20)13-21/h4-7,16,21,23H,8-13H2,1-3H3/t16-/m1/s1. The van der Waals surface area contributed by atoms with Crippen molar-refractivity contribution in [2.45, 2.75) is 38.3 Å². The van der Waals surface area contributed by atoms with E-state index >= 15 is 0 Å². The topological polar surface area (TPSA) is 64.0 Å². The highest BCUT2D eigenvalue weighted by atomic mass is 16.3. The Morgan fingerprint density at radius 2 is 1.91 bits per heavy atom. The lowest BCUT2D eigenvalue weighted by Crippen LogP contribution is -2.55. The van der Waals surface area contributed by atoms with Crippen LogP contribution in [0.1, 0.15) is 36.2 Å². The number of nitrogens with zero attached hydrogens (tertiary/aromatic N) is 2. The molecule has 1 aromatic rings. The smallest absolute Gasteiger partial charge is 0.254 e. The van der Waals surface area contributed by atoms with Crippen molar-refractivity contribution in [3.05, 3.63) is 35.4 Å². The highest BCUT2D eigenvalue weighted by molar-refractivity contribution is 5.94. The summed E-state index contributed by atoms with van der Waals surface area (Å²) in [5.41, 5.74) is 1.09. The first-order valence-electron chi connectivity index (χ1n) is 8.22. The van der Waals surface area contributed by atoms with Crippen LogP contribution in [-0.2, 0) is 6.42 Å². The maximum atomic E-state index is 12.7. The van der Waals surface area contributed by atoms with Gasteiger partial charge in [0.25, 0.3) is 5.91 Å². The van der Waals surface area contributed by atoms with Gasteiger partial charge in [-0.3, -0.25) is 4.79 Å². The molecule has 1 atom stereocenters. The Bertz CT molecular complexity index is 522. The molecule has 0 unspecified atom stereocenters. The number of likely N-dealkylation sites (N-methyl/N-ethyl adjacent to an activating group) is 1. The molecule has 1 aliphatic heterocycles. The van der Waals surface area contributed by atoms with Crippen LogP contribution in [0, 0.1) is 0 Å². The quantitative estimate of drug-likeness (QED) is 0.854. The molecule has 1 fully saturated rings. The molecule has 0 bridgehead atoms. The number of aryl methyl sites for hydroxylation is 1. The Balaban J connectivity index is 2.02. The van der Waals surface area contributed by atoms with Crippen molar-refractivity contribution in [1.82, 2.24) is 9.80 Å². The van der Waals surface area contributed by atoms with E-state index in [4.69, 9.17) is 0 Å². The summed E-state index contributed by atoms with van der Waals surface area (Å²) in [6.45, 7) is 5.75. The van der Waals surface area contributed by atoms with Crippen LogP contribution in [0.3, 0.4) is 0 Å². The maximum absolute atomic E-state index is 12.7. The third-order valence-electron chi connectivity index (χ3n) is 4.38. The van der Waals surface area contributed by atoms with Crippen molar-refractivity contribution in [2.75, 3.05) is 33.3 Å². The molecule has 0 radical (unpaired) electrons. The Morgan fingerprint density at radius 1 is 1.26 bits per heavy atom. The molecule has 1 saturated heterocycles. The predicted octanol–water partition coefficient (Wildman–Crippen LogP) is 1.14. The second-order valence-corrected chi connectivity index (χ2v) is 7.11. The Hall–Kier alpha value is -1.43. The van der Waals surface area contributed by atoms with E-state index in [0.29, 0.717) is 25.1 Å². The molecule has 23 heavy (non-hydrogen) atoms. The number of carbonyl (C=O) groups excluding carboxylic acids is 1. The van der Waals surface area contributed by atoms with E-state index in [0.717, 1.165) is 18.5 Å². The van der Waals surface area contributed by atoms with Crippen LogP contribution in [0.5, 0.6) is 0 Å². The van der Waals surface area contributed by atoms with E-state index in [1.54, 1.807) is 18.7 Å². The molecule has 5 heteroatoms. The monoisotopic (exact) mass is 320 g/mol. The molecular formula is C18H28N2O3. The minimum Gasteiger partial charge on any atom is -0.394 e. The maximum Gasteiger partial charge on any atom is 0.254 e. The summed E-state index contributed by atoms with van der Waals surface area (Å²) in [7, 11) is 2.00. The van der Waals surface area contributed by atoms with Crippen LogP contribution in [0.2, 0.25) is 0 Å². The van der Waals surface area contributed by atoms with Crippen LogP contribution in [-0.4, -0.2) is 70.9 Å². The second-order valence-electron chi connectivity index (χ2n) is 7.11. The third kappa shape index (κ3) is 5.03. The van der Waals surface area contributed by atoms with Gasteiger partial charge < -0.3 is 20.0 Å². The fraction of sp³-hybridized carbons (Fsp3) is 0.611. The Labute approximate surface area is 138 Å². The summed E-state index contributed by atoms with van der Waals surface area (Å²) in [5, 5.41) is 19.3. The highest BCUT2D eigenvalue weighted by Gasteiger charge is 2.29. The fourth-order valence-electron chi connectivity index (χ4n) is 2.86. The molecule has 0 spiro atoms. The highest BCUT2D eigenvalue weighted by Crippen LogP contribution is 2.17. The minimum absolute atomic E-state index is 0.0141. The van der Waals surface area contributed by atoms with Crippen molar-refractivity contribution >= 4 is 5.91 Å². The average molecular weight is 320 g/mol. The van der Waals surface area contributed by atoms with Crippen molar-refractivity contribution in [3.63, 3.8) is 0 Å². The average Bonchev–Trinajstić information content (AvgIpc) is 2.52. The number of benzene rings is 1. The molecule has 1 aliphatic rings.